The van der Waals surface area contributed by atoms with Crippen molar-refractivity contribution in [3.05, 3.63) is 16.5 Å². The lowest BCUT2D eigenvalue weighted by molar-refractivity contribution is 0.429. The summed E-state index contributed by atoms with van der Waals surface area (Å²) >= 11 is 3.56. The van der Waals surface area contributed by atoms with Crippen LogP contribution in [0.4, 0.5) is 5.82 Å². The standard InChI is InChI=1S/C16H24BrN3/c1-2-6-15-18-14(17)11-16(19-15)20-10-5-9-13(20)12-7-3-4-8-12/h11-13H,2-10H2,1H3. The van der Waals surface area contributed by atoms with Crippen molar-refractivity contribution in [3.8, 4) is 0 Å². The Morgan fingerprint density at radius 2 is 2.00 bits per heavy atom. The fourth-order valence-corrected chi connectivity index (χ4v) is 4.25. The van der Waals surface area contributed by atoms with Crippen molar-refractivity contribution < 1.29 is 0 Å². The van der Waals surface area contributed by atoms with Crippen LogP contribution in [0, 0.1) is 5.92 Å². The molecule has 1 atom stereocenters. The Kier molecular flexibility index (Phi) is 4.59. The zero-order valence-electron chi connectivity index (χ0n) is 12.3. The second-order valence-electron chi connectivity index (χ2n) is 6.16. The summed E-state index contributed by atoms with van der Waals surface area (Å²) in [5.41, 5.74) is 0. The molecular weight excluding hydrogens is 314 g/mol. The highest BCUT2D eigenvalue weighted by atomic mass is 79.9. The van der Waals surface area contributed by atoms with Gasteiger partial charge in [-0.3, -0.25) is 0 Å². The van der Waals surface area contributed by atoms with E-state index in [1.54, 1.807) is 0 Å². The maximum atomic E-state index is 4.81. The molecule has 20 heavy (non-hydrogen) atoms. The average molecular weight is 338 g/mol. The van der Waals surface area contributed by atoms with E-state index in [2.05, 4.69) is 38.8 Å². The van der Waals surface area contributed by atoms with Gasteiger partial charge in [-0.25, -0.2) is 9.97 Å². The van der Waals surface area contributed by atoms with E-state index >= 15 is 0 Å². The maximum absolute atomic E-state index is 4.81. The first-order chi connectivity index (χ1) is 9.78. The maximum Gasteiger partial charge on any atom is 0.133 e. The molecule has 2 heterocycles. The molecule has 1 aliphatic heterocycles. The van der Waals surface area contributed by atoms with Crippen molar-refractivity contribution in [1.29, 1.82) is 0 Å². The van der Waals surface area contributed by atoms with Gasteiger partial charge in [0.05, 0.1) is 0 Å². The quantitative estimate of drug-likeness (QED) is 0.764. The van der Waals surface area contributed by atoms with Crippen molar-refractivity contribution in [2.75, 3.05) is 11.4 Å². The van der Waals surface area contributed by atoms with Crippen molar-refractivity contribution in [3.63, 3.8) is 0 Å². The molecule has 0 bridgehead atoms. The van der Waals surface area contributed by atoms with Crippen molar-refractivity contribution in [1.82, 2.24) is 9.97 Å². The van der Waals surface area contributed by atoms with E-state index < -0.39 is 0 Å². The fraction of sp³-hybridized carbons (Fsp3) is 0.750. The molecule has 1 saturated heterocycles. The van der Waals surface area contributed by atoms with Crippen LogP contribution in [-0.2, 0) is 6.42 Å². The van der Waals surface area contributed by atoms with Gasteiger partial charge in [0.15, 0.2) is 0 Å². The number of aryl methyl sites for hydroxylation is 1. The highest BCUT2D eigenvalue weighted by Gasteiger charge is 2.34. The summed E-state index contributed by atoms with van der Waals surface area (Å²) in [5.74, 6) is 3.01. The second kappa shape index (κ2) is 6.42. The first-order valence-electron chi connectivity index (χ1n) is 8.08. The van der Waals surface area contributed by atoms with Gasteiger partial charge < -0.3 is 4.90 Å². The highest BCUT2D eigenvalue weighted by Crippen LogP contribution is 2.37. The minimum absolute atomic E-state index is 0.716. The molecule has 0 amide bonds. The summed E-state index contributed by atoms with van der Waals surface area (Å²) in [4.78, 5) is 11.9. The van der Waals surface area contributed by atoms with Gasteiger partial charge in [-0.15, -0.1) is 0 Å². The summed E-state index contributed by atoms with van der Waals surface area (Å²) in [6, 6.07) is 2.82. The molecule has 1 saturated carbocycles. The minimum atomic E-state index is 0.716. The molecule has 2 fully saturated rings. The van der Waals surface area contributed by atoms with Crippen LogP contribution in [0.15, 0.2) is 10.7 Å². The molecular formula is C16H24BrN3. The van der Waals surface area contributed by atoms with E-state index in [-0.39, 0.29) is 0 Å². The van der Waals surface area contributed by atoms with Crippen LogP contribution in [0.25, 0.3) is 0 Å². The van der Waals surface area contributed by atoms with Crippen LogP contribution in [0.3, 0.4) is 0 Å². The van der Waals surface area contributed by atoms with Crippen LogP contribution in [0.5, 0.6) is 0 Å². The first kappa shape index (κ1) is 14.3. The van der Waals surface area contributed by atoms with Crippen LogP contribution < -0.4 is 4.90 Å². The van der Waals surface area contributed by atoms with Gasteiger partial charge in [0, 0.05) is 25.1 Å². The minimum Gasteiger partial charge on any atom is -0.353 e. The number of hydrogen-bond donors (Lipinski definition) is 0. The van der Waals surface area contributed by atoms with Crippen LogP contribution >= 0.6 is 15.9 Å². The SMILES string of the molecule is CCCc1nc(Br)cc(N2CCCC2C2CCCC2)n1. The van der Waals surface area contributed by atoms with Gasteiger partial charge in [0.25, 0.3) is 0 Å². The lowest BCUT2D eigenvalue weighted by atomic mass is 9.96. The Morgan fingerprint density at radius 3 is 2.75 bits per heavy atom. The smallest absolute Gasteiger partial charge is 0.133 e. The van der Waals surface area contributed by atoms with Gasteiger partial charge in [0.1, 0.15) is 16.2 Å². The lowest BCUT2D eigenvalue weighted by Crippen LogP contribution is -2.35. The number of nitrogens with zero attached hydrogens (tertiary/aromatic N) is 3. The Hall–Kier alpha value is -0.640. The predicted molar refractivity (Wildman–Crippen MR) is 86.1 cm³/mol. The zero-order chi connectivity index (χ0) is 13.9. The van der Waals surface area contributed by atoms with E-state index in [0.29, 0.717) is 6.04 Å². The van der Waals surface area contributed by atoms with E-state index in [1.807, 2.05) is 0 Å². The zero-order valence-corrected chi connectivity index (χ0v) is 13.9. The fourth-order valence-electron chi connectivity index (χ4n) is 3.84. The molecule has 0 aromatic carbocycles. The average Bonchev–Trinajstić information content (AvgIpc) is 3.09. The van der Waals surface area contributed by atoms with Gasteiger partial charge >= 0.3 is 0 Å². The predicted octanol–water partition coefficient (Wildman–Crippen LogP) is 4.35. The summed E-state index contributed by atoms with van der Waals surface area (Å²) < 4.78 is 0.933. The molecule has 0 radical (unpaired) electrons. The van der Waals surface area contributed by atoms with E-state index in [0.717, 1.165) is 41.5 Å². The Morgan fingerprint density at radius 1 is 1.20 bits per heavy atom. The van der Waals surface area contributed by atoms with Crippen molar-refractivity contribution in [2.24, 2.45) is 5.92 Å². The third-order valence-electron chi connectivity index (χ3n) is 4.74. The van der Waals surface area contributed by atoms with Crippen LogP contribution in [-0.4, -0.2) is 22.6 Å². The number of hydrogen-bond acceptors (Lipinski definition) is 3. The van der Waals surface area contributed by atoms with E-state index in [4.69, 9.17) is 4.98 Å². The normalized spacial score (nSPS) is 23.7. The summed E-state index contributed by atoms with van der Waals surface area (Å²) in [6.45, 7) is 3.34. The van der Waals surface area contributed by atoms with Gasteiger partial charge in [-0.2, -0.15) is 0 Å². The Bertz CT molecular complexity index is 457. The number of halogens is 1. The van der Waals surface area contributed by atoms with Crippen LogP contribution in [0.2, 0.25) is 0 Å². The monoisotopic (exact) mass is 337 g/mol. The number of aromatic nitrogens is 2. The van der Waals surface area contributed by atoms with Crippen molar-refractivity contribution in [2.45, 2.75) is 64.3 Å². The molecule has 4 heteroatoms. The van der Waals surface area contributed by atoms with Crippen molar-refractivity contribution >= 4 is 21.7 Å². The Balaban J connectivity index is 1.83. The van der Waals surface area contributed by atoms with Gasteiger partial charge in [-0.1, -0.05) is 19.8 Å². The molecule has 0 N–H and O–H groups in total. The second-order valence-corrected chi connectivity index (χ2v) is 6.98. The topological polar surface area (TPSA) is 29.0 Å². The molecule has 1 aromatic heterocycles. The summed E-state index contributed by atoms with van der Waals surface area (Å²) in [6.07, 6.45) is 10.4. The molecule has 2 aliphatic rings. The Labute approximate surface area is 130 Å². The van der Waals surface area contributed by atoms with Gasteiger partial charge in [0.2, 0.25) is 0 Å². The molecule has 1 unspecified atom stereocenters. The molecule has 1 aromatic rings. The molecule has 1 aliphatic carbocycles. The van der Waals surface area contributed by atoms with Crippen LogP contribution in [0.1, 0.15) is 57.7 Å². The van der Waals surface area contributed by atoms with Gasteiger partial charge in [-0.05, 0) is 54.0 Å². The third kappa shape index (κ3) is 3.00. The molecule has 3 nitrogen and oxygen atoms in total. The molecule has 3 rings (SSSR count). The lowest BCUT2D eigenvalue weighted by Gasteiger charge is -2.30. The third-order valence-corrected chi connectivity index (χ3v) is 5.15. The van der Waals surface area contributed by atoms with E-state index in [9.17, 15) is 0 Å². The summed E-state index contributed by atoms with van der Waals surface area (Å²) in [5, 5.41) is 0. The highest BCUT2D eigenvalue weighted by molar-refractivity contribution is 9.10. The molecule has 110 valence electrons. The largest absolute Gasteiger partial charge is 0.353 e. The summed E-state index contributed by atoms with van der Waals surface area (Å²) in [7, 11) is 0. The first-order valence-corrected chi connectivity index (χ1v) is 8.87. The molecule has 0 spiro atoms. The number of rotatable bonds is 4. The van der Waals surface area contributed by atoms with E-state index in [1.165, 1.54) is 38.5 Å². The number of anilines is 1.